The number of nitro groups is 1. The van der Waals surface area contributed by atoms with E-state index in [0.29, 0.717) is 13.0 Å². The van der Waals surface area contributed by atoms with E-state index < -0.39 is 14.9 Å². The number of methoxy groups -OCH3 is 1. The monoisotopic (exact) mass is 317 g/mol. The summed E-state index contributed by atoms with van der Waals surface area (Å²) in [4.78, 5) is 10.1. The molecule has 9 heteroatoms. The Kier molecular flexibility index (Phi) is 6.53. The minimum absolute atomic E-state index is 0.0195. The van der Waals surface area contributed by atoms with Gasteiger partial charge in [0.1, 0.15) is 0 Å². The van der Waals surface area contributed by atoms with Gasteiger partial charge >= 0.3 is 5.69 Å². The van der Waals surface area contributed by atoms with E-state index in [2.05, 4.69) is 10.0 Å². The summed E-state index contributed by atoms with van der Waals surface area (Å²) in [5.74, 6) is 0.0195. The van der Waals surface area contributed by atoms with Crippen LogP contribution >= 0.6 is 0 Å². The average Bonchev–Trinajstić information content (AvgIpc) is 2.46. The van der Waals surface area contributed by atoms with Crippen LogP contribution in [-0.2, 0) is 10.0 Å². The number of rotatable bonds is 9. The topological polar surface area (TPSA) is 111 Å². The van der Waals surface area contributed by atoms with Crippen LogP contribution in [0.25, 0.3) is 0 Å². The van der Waals surface area contributed by atoms with Gasteiger partial charge in [0.15, 0.2) is 5.75 Å². The molecule has 0 aliphatic heterocycles. The first-order valence-corrected chi connectivity index (χ1v) is 7.93. The molecule has 0 aromatic heterocycles. The van der Waals surface area contributed by atoms with Crippen LogP contribution < -0.4 is 14.8 Å². The predicted molar refractivity (Wildman–Crippen MR) is 78.0 cm³/mol. The lowest BCUT2D eigenvalue weighted by Gasteiger charge is -2.08. The van der Waals surface area contributed by atoms with Gasteiger partial charge in [0, 0.05) is 12.6 Å². The number of sulfonamides is 1. The van der Waals surface area contributed by atoms with Crippen molar-refractivity contribution in [3.05, 3.63) is 28.3 Å². The molecule has 118 valence electrons. The fraction of sp³-hybridized carbons (Fsp3) is 0.500. The number of hydrogen-bond donors (Lipinski definition) is 2. The molecule has 0 unspecified atom stereocenters. The van der Waals surface area contributed by atoms with Gasteiger partial charge in [-0.2, -0.15) is 0 Å². The van der Waals surface area contributed by atoms with E-state index in [4.69, 9.17) is 4.74 Å². The Hall–Kier alpha value is -1.71. The molecule has 0 bridgehead atoms. The summed E-state index contributed by atoms with van der Waals surface area (Å²) in [6.07, 6.45) is 0.630. The SMILES string of the molecule is CCNCCCNS(=O)(=O)c1ccc(OC)c([N+](=O)[O-])c1. The summed E-state index contributed by atoms with van der Waals surface area (Å²) in [6.45, 7) is 3.73. The zero-order valence-electron chi connectivity index (χ0n) is 12.0. The number of benzene rings is 1. The van der Waals surface area contributed by atoms with Crippen LogP contribution in [0.2, 0.25) is 0 Å². The molecule has 0 atom stereocenters. The Morgan fingerprint density at radius 3 is 2.62 bits per heavy atom. The molecular formula is C12H19N3O5S. The van der Waals surface area contributed by atoms with Crippen LogP contribution in [0, 0.1) is 10.1 Å². The molecule has 8 nitrogen and oxygen atoms in total. The summed E-state index contributed by atoms with van der Waals surface area (Å²) in [6, 6.07) is 3.54. The Bertz CT molecular complexity index is 589. The van der Waals surface area contributed by atoms with Gasteiger partial charge in [0.25, 0.3) is 0 Å². The minimum Gasteiger partial charge on any atom is -0.490 e. The zero-order valence-corrected chi connectivity index (χ0v) is 12.8. The largest absolute Gasteiger partial charge is 0.490 e. The molecule has 0 fully saturated rings. The third kappa shape index (κ3) is 4.96. The van der Waals surface area contributed by atoms with Gasteiger partial charge in [-0.3, -0.25) is 10.1 Å². The molecule has 1 aromatic rings. The minimum atomic E-state index is -3.77. The van der Waals surface area contributed by atoms with Gasteiger partial charge in [-0.05, 0) is 31.6 Å². The van der Waals surface area contributed by atoms with E-state index in [9.17, 15) is 18.5 Å². The number of nitrogens with one attached hydrogen (secondary N) is 2. The first-order valence-electron chi connectivity index (χ1n) is 6.45. The van der Waals surface area contributed by atoms with Crippen LogP contribution in [-0.4, -0.2) is 40.1 Å². The van der Waals surface area contributed by atoms with E-state index in [-0.39, 0.29) is 22.9 Å². The summed E-state index contributed by atoms with van der Waals surface area (Å²) in [5.41, 5.74) is -0.381. The van der Waals surface area contributed by atoms with Gasteiger partial charge in [0.05, 0.1) is 16.9 Å². The van der Waals surface area contributed by atoms with E-state index >= 15 is 0 Å². The maximum atomic E-state index is 12.0. The van der Waals surface area contributed by atoms with E-state index in [1.54, 1.807) is 0 Å². The summed E-state index contributed by atoms with van der Waals surface area (Å²) in [5, 5.41) is 14.0. The molecule has 0 radical (unpaired) electrons. The lowest BCUT2D eigenvalue weighted by molar-refractivity contribution is -0.386. The quantitative estimate of drug-likeness (QED) is 0.397. The van der Waals surface area contributed by atoms with Crippen molar-refractivity contribution < 1.29 is 18.1 Å². The van der Waals surface area contributed by atoms with Crippen LogP contribution in [0.5, 0.6) is 5.75 Å². The maximum Gasteiger partial charge on any atom is 0.312 e. The molecular weight excluding hydrogens is 298 g/mol. The molecule has 0 spiro atoms. The fourth-order valence-corrected chi connectivity index (χ4v) is 2.75. The van der Waals surface area contributed by atoms with Crippen molar-refractivity contribution in [1.29, 1.82) is 0 Å². The molecule has 0 amide bonds. The van der Waals surface area contributed by atoms with Crippen molar-refractivity contribution in [2.75, 3.05) is 26.7 Å². The van der Waals surface area contributed by atoms with E-state index in [1.807, 2.05) is 6.92 Å². The highest BCUT2D eigenvalue weighted by molar-refractivity contribution is 7.89. The standard InChI is InChI=1S/C12H19N3O5S/c1-3-13-7-4-8-14-21(18,19)10-5-6-12(20-2)11(9-10)15(16)17/h5-6,9,13-14H,3-4,7-8H2,1-2H3. The fourth-order valence-electron chi connectivity index (χ4n) is 1.66. The maximum absolute atomic E-state index is 12.0. The lowest BCUT2D eigenvalue weighted by Crippen LogP contribution is -2.27. The number of ether oxygens (including phenoxy) is 1. The van der Waals surface area contributed by atoms with Crippen LogP contribution in [0.4, 0.5) is 5.69 Å². The van der Waals surface area contributed by atoms with Gasteiger partial charge < -0.3 is 10.1 Å². The van der Waals surface area contributed by atoms with Gasteiger partial charge in [-0.15, -0.1) is 0 Å². The van der Waals surface area contributed by atoms with Crippen molar-refractivity contribution in [3.63, 3.8) is 0 Å². The molecule has 1 aromatic carbocycles. The lowest BCUT2D eigenvalue weighted by atomic mass is 10.3. The van der Waals surface area contributed by atoms with Crippen LogP contribution in [0.1, 0.15) is 13.3 Å². The number of hydrogen-bond acceptors (Lipinski definition) is 6. The summed E-state index contributed by atoms with van der Waals surface area (Å²) >= 11 is 0. The second-order valence-corrected chi connectivity index (χ2v) is 5.96. The van der Waals surface area contributed by atoms with Crippen molar-refractivity contribution in [2.24, 2.45) is 0 Å². The molecule has 0 heterocycles. The van der Waals surface area contributed by atoms with E-state index in [1.165, 1.54) is 19.2 Å². The molecule has 2 N–H and O–H groups in total. The van der Waals surface area contributed by atoms with Crippen molar-refractivity contribution in [2.45, 2.75) is 18.2 Å². The van der Waals surface area contributed by atoms with Gasteiger partial charge in [0.2, 0.25) is 10.0 Å². The number of nitro benzene ring substituents is 1. The Morgan fingerprint density at radius 1 is 1.33 bits per heavy atom. The van der Waals surface area contributed by atoms with Gasteiger partial charge in [-0.25, -0.2) is 13.1 Å². The molecule has 0 aliphatic rings. The highest BCUT2D eigenvalue weighted by Crippen LogP contribution is 2.29. The second-order valence-electron chi connectivity index (χ2n) is 4.20. The van der Waals surface area contributed by atoms with Crippen molar-refractivity contribution in [1.82, 2.24) is 10.0 Å². The zero-order chi connectivity index (χ0) is 15.9. The Balaban J connectivity index is 2.83. The third-order valence-electron chi connectivity index (χ3n) is 2.73. The Morgan fingerprint density at radius 2 is 2.05 bits per heavy atom. The smallest absolute Gasteiger partial charge is 0.312 e. The van der Waals surface area contributed by atoms with Crippen molar-refractivity contribution >= 4 is 15.7 Å². The highest BCUT2D eigenvalue weighted by Gasteiger charge is 2.21. The molecule has 0 aliphatic carbocycles. The highest BCUT2D eigenvalue weighted by atomic mass is 32.2. The summed E-state index contributed by atoms with van der Waals surface area (Å²) in [7, 11) is -2.48. The summed E-state index contributed by atoms with van der Waals surface area (Å²) < 4.78 is 31.3. The predicted octanol–water partition coefficient (Wildman–Crippen LogP) is 0.881. The number of nitrogens with zero attached hydrogens (tertiary/aromatic N) is 1. The molecule has 21 heavy (non-hydrogen) atoms. The molecule has 0 saturated heterocycles. The third-order valence-corrected chi connectivity index (χ3v) is 4.19. The first kappa shape index (κ1) is 17.3. The second kappa shape index (κ2) is 7.91. The molecule has 1 rings (SSSR count). The van der Waals surface area contributed by atoms with Crippen LogP contribution in [0.3, 0.4) is 0 Å². The normalized spacial score (nSPS) is 11.3. The Labute approximate surface area is 123 Å². The average molecular weight is 317 g/mol. The van der Waals surface area contributed by atoms with E-state index in [0.717, 1.165) is 12.6 Å². The van der Waals surface area contributed by atoms with Crippen LogP contribution in [0.15, 0.2) is 23.1 Å². The first-order chi connectivity index (χ1) is 9.92. The molecule has 0 saturated carbocycles. The van der Waals surface area contributed by atoms with Crippen molar-refractivity contribution in [3.8, 4) is 5.75 Å². The van der Waals surface area contributed by atoms with Gasteiger partial charge in [-0.1, -0.05) is 6.92 Å².